The van der Waals surface area contributed by atoms with Crippen LogP contribution in [0.3, 0.4) is 0 Å². The molecule has 1 heterocycles. The zero-order chi connectivity index (χ0) is 14.0. The number of nitrogens with one attached hydrogen (secondary N) is 1. The molecule has 0 aliphatic carbocycles. The molecule has 4 nitrogen and oxygen atoms in total. The van der Waals surface area contributed by atoms with Crippen molar-refractivity contribution in [2.45, 2.75) is 20.3 Å². The van der Waals surface area contributed by atoms with Crippen LogP contribution < -0.4 is 5.43 Å². The van der Waals surface area contributed by atoms with Gasteiger partial charge in [-0.05, 0) is 25.0 Å². The molecule has 0 saturated carbocycles. The molecule has 0 saturated heterocycles. The van der Waals surface area contributed by atoms with Gasteiger partial charge in [-0.3, -0.25) is 4.79 Å². The van der Waals surface area contributed by atoms with Crippen molar-refractivity contribution < 1.29 is 9.53 Å². The summed E-state index contributed by atoms with van der Waals surface area (Å²) in [5, 5.41) is 0.358. The molecule has 2 aromatic rings. The third-order valence-electron chi connectivity index (χ3n) is 2.92. The molecular formula is C14H14ClNO3. The van der Waals surface area contributed by atoms with E-state index < -0.39 is 5.97 Å². The fraction of sp³-hybridized carbons (Fsp3) is 0.286. The number of fused-ring (bicyclic) bond motifs is 1. The predicted molar refractivity (Wildman–Crippen MR) is 74.9 cm³/mol. The number of benzene rings is 1. The van der Waals surface area contributed by atoms with Crippen LogP contribution in [0.1, 0.15) is 29.9 Å². The number of aromatic nitrogens is 1. The molecular weight excluding hydrogens is 266 g/mol. The smallest absolute Gasteiger partial charge is 0.356 e. The molecule has 0 aliphatic heterocycles. The Morgan fingerprint density at radius 2 is 2.11 bits per heavy atom. The van der Waals surface area contributed by atoms with Crippen LogP contribution >= 0.6 is 11.6 Å². The van der Waals surface area contributed by atoms with E-state index in [1.54, 1.807) is 19.1 Å². The van der Waals surface area contributed by atoms with Crippen LogP contribution in [-0.4, -0.2) is 17.6 Å². The average Bonchev–Trinajstić information content (AvgIpc) is 2.42. The monoisotopic (exact) mass is 279 g/mol. The highest BCUT2D eigenvalue weighted by Crippen LogP contribution is 2.19. The molecule has 0 atom stereocenters. The highest BCUT2D eigenvalue weighted by atomic mass is 35.5. The molecule has 0 bridgehead atoms. The number of aryl methyl sites for hydroxylation is 1. The molecule has 0 fully saturated rings. The number of hydrogen-bond acceptors (Lipinski definition) is 3. The van der Waals surface area contributed by atoms with Gasteiger partial charge in [-0.15, -0.1) is 0 Å². The van der Waals surface area contributed by atoms with Gasteiger partial charge in [0.15, 0.2) is 0 Å². The molecule has 0 amide bonds. The lowest BCUT2D eigenvalue weighted by Gasteiger charge is -2.09. The van der Waals surface area contributed by atoms with Gasteiger partial charge in [-0.1, -0.05) is 30.7 Å². The molecule has 0 aliphatic rings. The molecule has 19 heavy (non-hydrogen) atoms. The summed E-state index contributed by atoms with van der Waals surface area (Å²) in [6.45, 7) is 3.90. The van der Waals surface area contributed by atoms with Gasteiger partial charge in [-0.25, -0.2) is 4.79 Å². The van der Waals surface area contributed by atoms with Crippen molar-refractivity contribution in [1.29, 1.82) is 0 Å². The van der Waals surface area contributed by atoms with Crippen molar-refractivity contribution in [3.05, 3.63) is 44.7 Å². The molecule has 0 spiro atoms. The third kappa shape index (κ3) is 2.36. The van der Waals surface area contributed by atoms with E-state index in [9.17, 15) is 9.59 Å². The van der Waals surface area contributed by atoms with Crippen LogP contribution in [-0.2, 0) is 11.2 Å². The lowest BCUT2D eigenvalue weighted by molar-refractivity contribution is 0.0520. The predicted octanol–water partition coefficient (Wildman–Crippen LogP) is 2.92. The standard InChI is InChI=1S/C14H14ClNO3/c1-3-8-6-5-7-9-11(8)16-12(10(15)13(9)17)14(18)19-4-2/h5-7H,3-4H2,1-2H3,(H,16,17). The summed E-state index contributed by atoms with van der Waals surface area (Å²) >= 11 is 5.95. The maximum Gasteiger partial charge on any atom is 0.356 e. The van der Waals surface area contributed by atoms with Gasteiger partial charge in [0.05, 0.1) is 12.1 Å². The van der Waals surface area contributed by atoms with Crippen LogP contribution in [0.4, 0.5) is 0 Å². The molecule has 100 valence electrons. The summed E-state index contributed by atoms with van der Waals surface area (Å²) in [7, 11) is 0. The Hall–Kier alpha value is -1.81. The molecule has 5 heteroatoms. The highest BCUT2D eigenvalue weighted by molar-refractivity contribution is 6.33. The first-order chi connectivity index (χ1) is 9.10. The van der Waals surface area contributed by atoms with Gasteiger partial charge in [0.25, 0.3) is 0 Å². The molecule has 0 unspecified atom stereocenters. The summed E-state index contributed by atoms with van der Waals surface area (Å²) < 4.78 is 4.89. The summed E-state index contributed by atoms with van der Waals surface area (Å²) in [6.07, 6.45) is 0.747. The van der Waals surface area contributed by atoms with Gasteiger partial charge >= 0.3 is 5.97 Å². The number of para-hydroxylation sites is 1. The first kappa shape index (κ1) is 13.6. The topological polar surface area (TPSA) is 59.2 Å². The quantitative estimate of drug-likeness (QED) is 0.879. The molecule has 1 aromatic heterocycles. The average molecular weight is 280 g/mol. The van der Waals surface area contributed by atoms with E-state index in [0.717, 1.165) is 12.0 Å². The van der Waals surface area contributed by atoms with Crippen molar-refractivity contribution in [3.8, 4) is 0 Å². The van der Waals surface area contributed by atoms with Crippen LogP contribution in [0.2, 0.25) is 5.02 Å². The zero-order valence-corrected chi connectivity index (χ0v) is 11.5. The van der Waals surface area contributed by atoms with E-state index in [-0.39, 0.29) is 22.8 Å². The van der Waals surface area contributed by atoms with Gasteiger partial charge in [0, 0.05) is 5.39 Å². The van der Waals surface area contributed by atoms with Crippen LogP contribution in [0.25, 0.3) is 10.9 Å². The minimum atomic E-state index is -0.614. The molecule has 2 rings (SSSR count). The summed E-state index contributed by atoms with van der Waals surface area (Å²) in [6, 6.07) is 5.39. The van der Waals surface area contributed by atoms with Crippen molar-refractivity contribution in [3.63, 3.8) is 0 Å². The van der Waals surface area contributed by atoms with Gasteiger partial charge < -0.3 is 9.72 Å². The fourth-order valence-corrected chi connectivity index (χ4v) is 2.21. The Kier molecular flexibility index (Phi) is 3.90. The number of ether oxygens (including phenoxy) is 1. The van der Waals surface area contributed by atoms with E-state index >= 15 is 0 Å². The lowest BCUT2D eigenvalue weighted by Crippen LogP contribution is -2.15. The minimum absolute atomic E-state index is 0.0157. The van der Waals surface area contributed by atoms with E-state index in [2.05, 4.69) is 4.98 Å². The number of carbonyl (C=O) groups excluding carboxylic acids is 1. The second kappa shape index (κ2) is 5.45. The van der Waals surface area contributed by atoms with Crippen LogP contribution in [0.15, 0.2) is 23.0 Å². The maximum absolute atomic E-state index is 12.2. The van der Waals surface area contributed by atoms with Crippen molar-refractivity contribution >= 4 is 28.5 Å². The fourth-order valence-electron chi connectivity index (χ4n) is 1.99. The van der Waals surface area contributed by atoms with Gasteiger partial charge in [-0.2, -0.15) is 0 Å². The number of aromatic amines is 1. The Balaban J connectivity index is 2.77. The molecule has 1 aromatic carbocycles. The first-order valence-corrected chi connectivity index (χ1v) is 6.48. The van der Waals surface area contributed by atoms with Crippen molar-refractivity contribution in [2.24, 2.45) is 0 Å². The lowest BCUT2D eigenvalue weighted by atomic mass is 10.1. The number of hydrogen-bond donors (Lipinski definition) is 1. The van der Waals surface area contributed by atoms with E-state index in [4.69, 9.17) is 16.3 Å². The third-order valence-corrected chi connectivity index (χ3v) is 3.29. The number of H-pyrrole nitrogens is 1. The summed E-state index contributed by atoms with van der Waals surface area (Å²) in [5.74, 6) is -0.614. The summed E-state index contributed by atoms with van der Waals surface area (Å²) in [5.41, 5.74) is 1.26. The minimum Gasteiger partial charge on any atom is -0.461 e. The number of rotatable bonds is 3. The van der Waals surface area contributed by atoms with E-state index in [0.29, 0.717) is 10.9 Å². The zero-order valence-electron chi connectivity index (χ0n) is 10.7. The highest BCUT2D eigenvalue weighted by Gasteiger charge is 2.18. The number of pyridine rings is 1. The van der Waals surface area contributed by atoms with Gasteiger partial charge in [0.1, 0.15) is 10.7 Å². The second-order valence-electron chi connectivity index (χ2n) is 4.06. The van der Waals surface area contributed by atoms with Gasteiger partial charge in [0.2, 0.25) is 5.43 Å². The van der Waals surface area contributed by atoms with E-state index in [1.807, 2.05) is 13.0 Å². The molecule has 1 N–H and O–H groups in total. The number of carbonyl (C=O) groups is 1. The molecule has 0 radical (unpaired) electrons. The Morgan fingerprint density at radius 3 is 2.74 bits per heavy atom. The number of esters is 1. The normalized spacial score (nSPS) is 10.7. The largest absolute Gasteiger partial charge is 0.461 e. The number of halogens is 1. The Morgan fingerprint density at radius 1 is 1.37 bits per heavy atom. The Labute approximate surface area is 115 Å². The first-order valence-electron chi connectivity index (χ1n) is 6.10. The Bertz CT molecular complexity index is 691. The van der Waals surface area contributed by atoms with Crippen molar-refractivity contribution in [1.82, 2.24) is 4.98 Å². The van der Waals surface area contributed by atoms with Crippen molar-refractivity contribution in [2.75, 3.05) is 6.61 Å². The van der Waals surface area contributed by atoms with Crippen LogP contribution in [0, 0.1) is 0 Å². The van der Waals surface area contributed by atoms with E-state index in [1.165, 1.54) is 0 Å². The second-order valence-corrected chi connectivity index (χ2v) is 4.43. The maximum atomic E-state index is 12.2. The SMILES string of the molecule is CCOC(=O)c1[nH]c2c(CC)cccc2c(=O)c1Cl. The summed E-state index contributed by atoms with van der Waals surface area (Å²) in [4.78, 5) is 26.9. The van der Waals surface area contributed by atoms with Crippen LogP contribution in [0.5, 0.6) is 0 Å².